The van der Waals surface area contributed by atoms with Gasteiger partial charge >= 0.3 is 0 Å². The van der Waals surface area contributed by atoms with Crippen LogP contribution in [0.3, 0.4) is 0 Å². The molecular weight excluding hydrogens is 160 g/mol. The number of carbonyl (C=O) groups excluding carboxylic acids is 2. The molecule has 1 saturated carbocycles. The van der Waals surface area contributed by atoms with Crippen molar-refractivity contribution in [3.63, 3.8) is 0 Å². The van der Waals surface area contributed by atoms with E-state index in [0.717, 1.165) is 13.3 Å². The second kappa shape index (κ2) is 5.46. The van der Waals surface area contributed by atoms with E-state index in [0.29, 0.717) is 12.8 Å². The van der Waals surface area contributed by atoms with E-state index in [1.54, 1.807) is 0 Å². The van der Waals surface area contributed by atoms with Crippen molar-refractivity contribution in [1.29, 1.82) is 0 Å². The molecule has 1 fully saturated rings. The summed E-state index contributed by atoms with van der Waals surface area (Å²) in [6, 6.07) is 0. The molecule has 0 saturated heterocycles. The van der Waals surface area contributed by atoms with Crippen LogP contribution in [0.5, 0.6) is 0 Å². The van der Waals surface area contributed by atoms with Gasteiger partial charge in [0.15, 0.2) is 0 Å². The SMILES string of the molecule is CC(=O)O.O=C1CCCC(=O)C1. The molecule has 0 radical (unpaired) electrons. The summed E-state index contributed by atoms with van der Waals surface area (Å²) in [6.07, 6.45) is 2.20. The van der Waals surface area contributed by atoms with E-state index in [-0.39, 0.29) is 18.0 Å². The Bertz CT molecular complexity index is 177. The van der Waals surface area contributed by atoms with E-state index in [4.69, 9.17) is 9.90 Å². The molecular formula is C8H12O4. The van der Waals surface area contributed by atoms with Crippen LogP contribution < -0.4 is 0 Å². The van der Waals surface area contributed by atoms with E-state index in [1.807, 2.05) is 0 Å². The van der Waals surface area contributed by atoms with Gasteiger partial charge in [-0.25, -0.2) is 0 Å². The van der Waals surface area contributed by atoms with E-state index in [1.165, 1.54) is 0 Å². The molecule has 0 aromatic carbocycles. The van der Waals surface area contributed by atoms with Crippen LogP contribution in [0.15, 0.2) is 0 Å². The molecule has 0 atom stereocenters. The zero-order chi connectivity index (χ0) is 9.56. The van der Waals surface area contributed by atoms with Crippen molar-refractivity contribution in [1.82, 2.24) is 0 Å². The second-order valence-corrected chi connectivity index (χ2v) is 2.63. The summed E-state index contributed by atoms with van der Waals surface area (Å²) in [5, 5.41) is 7.42. The lowest BCUT2D eigenvalue weighted by molar-refractivity contribution is -0.134. The summed E-state index contributed by atoms with van der Waals surface area (Å²) in [5.41, 5.74) is 0. The quantitative estimate of drug-likeness (QED) is 0.548. The molecule has 0 bridgehead atoms. The molecule has 1 aliphatic carbocycles. The maximum absolute atomic E-state index is 10.5. The molecule has 12 heavy (non-hydrogen) atoms. The Balaban J connectivity index is 0.000000261. The standard InChI is InChI=1S/C6H8O2.C2H4O2/c7-5-2-1-3-6(8)4-5;1-2(3)4/h1-4H2;1H3,(H,3,4). The minimum Gasteiger partial charge on any atom is -0.481 e. The highest BCUT2D eigenvalue weighted by molar-refractivity contribution is 6.01. The van der Waals surface area contributed by atoms with Gasteiger partial charge in [0.25, 0.3) is 5.97 Å². The van der Waals surface area contributed by atoms with Crippen molar-refractivity contribution < 1.29 is 19.5 Å². The molecule has 68 valence electrons. The number of hydrogen-bond donors (Lipinski definition) is 1. The monoisotopic (exact) mass is 172 g/mol. The molecule has 1 N–H and O–H groups in total. The first-order chi connectivity index (χ1) is 5.52. The Hall–Kier alpha value is -1.19. The number of rotatable bonds is 0. The Labute approximate surface area is 70.6 Å². The van der Waals surface area contributed by atoms with Gasteiger partial charge in [-0.05, 0) is 6.42 Å². The lowest BCUT2D eigenvalue weighted by Gasteiger charge is -2.04. The summed E-state index contributed by atoms with van der Waals surface area (Å²) < 4.78 is 0. The van der Waals surface area contributed by atoms with Crippen molar-refractivity contribution in [2.75, 3.05) is 0 Å². The average Bonchev–Trinajstić information content (AvgIpc) is 1.84. The summed E-state index contributed by atoms with van der Waals surface area (Å²) >= 11 is 0. The third-order valence-corrected chi connectivity index (χ3v) is 1.31. The van der Waals surface area contributed by atoms with Crippen LogP contribution in [-0.4, -0.2) is 22.6 Å². The highest BCUT2D eigenvalue weighted by Gasteiger charge is 2.14. The van der Waals surface area contributed by atoms with Crippen LogP contribution in [0.25, 0.3) is 0 Å². The van der Waals surface area contributed by atoms with Gasteiger partial charge in [0.05, 0.1) is 6.42 Å². The highest BCUT2D eigenvalue weighted by Crippen LogP contribution is 2.09. The van der Waals surface area contributed by atoms with Crippen LogP contribution in [0, 0.1) is 0 Å². The van der Waals surface area contributed by atoms with E-state index >= 15 is 0 Å². The van der Waals surface area contributed by atoms with Crippen molar-refractivity contribution in [2.45, 2.75) is 32.6 Å². The Morgan fingerprint density at radius 2 is 1.58 bits per heavy atom. The molecule has 0 amide bonds. The third kappa shape index (κ3) is 6.92. The first-order valence-corrected chi connectivity index (χ1v) is 3.75. The van der Waals surface area contributed by atoms with Crippen molar-refractivity contribution >= 4 is 17.5 Å². The van der Waals surface area contributed by atoms with Gasteiger partial charge in [-0.15, -0.1) is 0 Å². The molecule has 4 heteroatoms. The Morgan fingerprint density at radius 3 is 1.75 bits per heavy atom. The molecule has 4 nitrogen and oxygen atoms in total. The molecule has 1 rings (SSSR count). The number of carboxylic acids is 1. The molecule has 0 heterocycles. The number of hydrogen-bond acceptors (Lipinski definition) is 3. The number of ketones is 2. The summed E-state index contributed by atoms with van der Waals surface area (Å²) in [5.74, 6) is -0.609. The van der Waals surface area contributed by atoms with Gasteiger partial charge in [0.2, 0.25) is 0 Å². The first kappa shape index (κ1) is 10.8. The smallest absolute Gasteiger partial charge is 0.300 e. The van der Waals surface area contributed by atoms with E-state index in [9.17, 15) is 9.59 Å². The Morgan fingerprint density at radius 1 is 1.25 bits per heavy atom. The predicted octanol–water partition coefficient (Wildman–Crippen LogP) is 0.789. The van der Waals surface area contributed by atoms with Crippen LogP contribution in [-0.2, 0) is 14.4 Å². The number of carbonyl (C=O) groups is 3. The lowest BCUT2D eigenvalue weighted by atomic mass is 9.98. The first-order valence-electron chi connectivity index (χ1n) is 3.75. The van der Waals surface area contributed by atoms with E-state index in [2.05, 4.69) is 0 Å². The van der Waals surface area contributed by atoms with Gasteiger partial charge in [0, 0.05) is 19.8 Å². The highest BCUT2D eigenvalue weighted by atomic mass is 16.4. The maximum Gasteiger partial charge on any atom is 0.300 e. The van der Waals surface area contributed by atoms with Crippen LogP contribution in [0.4, 0.5) is 0 Å². The summed E-state index contributed by atoms with van der Waals surface area (Å²) in [7, 11) is 0. The van der Waals surface area contributed by atoms with Gasteiger partial charge in [0.1, 0.15) is 11.6 Å². The minimum atomic E-state index is -0.833. The van der Waals surface area contributed by atoms with Gasteiger partial charge in [-0.1, -0.05) is 0 Å². The molecule has 0 aliphatic heterocycles. The zero-order valence-electron chi connectivity index (χ0n) is 7.00. The normalized spacial score (nSPS) is 16.4. The Kier molecular flexibility index (Phi) is 4.92. The average molecular weight is 172 g/mol. The zero-order valence-corrected chi connectivity index (χ0v) is 7.00. The van der Waals surface area contributed by atoms with Crippen LogP contribution >= 0.6 is 0 Å². The van der Waals surface area contributed by atoms with Gasteiger partial charge in [-0.2, -0.15) is 0 Å². The third-order valence-electron chi connectivity index (χ3n) is 1.31. The van der Waals surface area contributed by atoms with Gasteiger partial charge in [-0.3, -0.25) is 14.4 Å². The lowest BCUT2D eigenvalue weighted by Crippen LogP contribution is -2.13. The molecule has 1 aliphatic rings. The fourth-order valence-electron chi connectivity index (χ4n) is 0.879. The summed E-state index contributed by atoms with van der Waals surface area (Å²) in [4.78, 5) is 29.9. The molecule has 0 aromatic heterocycles. The molecule has 0 spiro atoms. The second-order valence-electron chi connectivity index (χ2n) is 2.63. The molecule has 0 unspecified atom stereocenters. The van der Waals surface area contributed by atoms with Crippen molar-refractivity contribution in [3.8, 4) is 0 Å². The maximum atomic E-state index is 10.5. The largest absolute Gasteiger partial charge is 0.481 e. The van der Waals surface area contributed by atoms with Crippen LogP contribution in [0.2, 0.25) is 0 Å². The minimum absolute atomic E-state index is 0.112. The van der Waals surface area contributed by atoms with Gasteiger partial charge < -0.3 is 5.11 Å². The molecule has 0 aromatic rings. The van der Waals surface area contributed by atoms with Crippen molar-refractivity contribution in [2.24, 2.45) is 0 Å². The number of carboxylic acid groups (broad SMARTS) is 1. The fourth-order valence-corrected chi connectivity index (χ4v) is 0.879. The number of Topliss-reactive ketones (excluding diaryl/α,β-unsaturated/α-hetero) is 2. The predicted molar refractivity (Wildman–Crippen MR) is 41.8 cm³/mol. The summed E-state index contributed by atoms with van der Waals surface area (Å²) in [6.45, 7) is 1.08. The van der Waals surface area contributed by atoms with Crippen molar-refractivity contribution in [3.05, 3.63) is 0 Å². The van der Waals surface area contributed by atoms with Crippen LogP contribution in [0.1, 0.15) is 32.6 Å². The topological polar surface area (TPSA) is 71.4 Å². The van der Waals surface area contributed by atoms with E-state index < -0.39 is 5.97 Å². The fraction of sp³-hybridized carbons (Fsp3) is 0.625. The number of aliphatic carboxylic acids is 1.